The number of benzene rings is 2. The van der Waals surface area contributed by atoms with Crippen molar-refractivity contribution < 1.29 is 14.6 Å². The molecule has 9 heteroatoms. The first-order valence-corrected chi connectivity index (χ1v) is 11.5. The number of hydrazine groups is 2. The van der Waals surface area contributed by atoms with Gasteiger partial charge in [0.2, 0.25) is 0 Å². The lowest BCUT2D eigenvalue weighted by Crippen LogP contribution is -2.54. The molecule has 2 aliphatic rings. The van der Waals surface area contributed by atoms with E-state index in [1.807, 2.05) is 40.3 Å². The second-order valence-electron chi connectivity index (χ2n) is 8.34. The van der Waals surface area contributed by atoms with Gasteiger partial charge in [0.15, 0.2) is 0 Å². The van der Waals surface area contributed by atoms with Crippen molar-refractivity contribution in [3.8, 4) is 5.75 Å². The van der Waals surface area contributed by atoms with Gasteiger partial charge < -0.3 is 9.84 Å². The van der Waals surface area contributed by atoms with Gasteiger partial charge >= 0.3 is 0 Å². The van der Waals surface area contributed by atoms with E-state index in [9.17, 15) is 9.90 Å². The van der Waals surface area contributed by atoms with Crippen LogP contribution in [0.4, 0.5) is 5.69 Å². The molecule has 2 aliphatic heterocycles. The number of halogens is 2. The largest absolute Gasteiger partial charge is 0.497 e. The number of amides is 1. The second-order valence-corrected chi connectivity index (χ2v) is 9.19. The van der Waals surface area contributed by atoms with Crippen LogP contribution in [0.25, 0.3) is 0 Å². The third-order valence-corrected chi connectivity index (χ3v) is 6.76. The molecule has 2 aromatic carbocycles. The maximum Gasteiger partial charge on any atom is 0.253 e. The zero-order chi connectivity index (χ0) is 22.8. The van der Waals surface area contributed by atoms with Crippen molar-refractivity contribution in [2.24, 2.45) is 5.92 Å². The van der Waals surface area contributed by atoms with E-state index in [1.165, 1.54) is 0 Å². The van der Waals surface area contributed by atoms with Gasteiger partial charge in [0.05, 0.1) is 30.0 Å². The van der Waals surface area contributed by atoms with Crippen molar-refractivity contribution in [2.45, 2.75) is 38.0 Å². The molecule has 1 unspecified atom stereocenters. The van der Waals surface area contributed by atoms with Crippen molar-refractivity contribution >= 4 is 34.8 Å². The quantitative estimate of drug-likeness (QED) is 0.609. The lowest BCUT2D eigenvalue weighted by Gasteiger charge is -2.31. The van der Waals surface area contributed by atoms with E-state index in [-0.39, 0.29) is 24.0 Å². The van der Waals surface area contributed by atoms with Crippen LogP contribution in [0.1, 0.15) is 31.4 Å². The average Bonchev–Trinajstić information content (AvgIpc) is 3.12. The van der Waals surface area contributed by atoms with Crippen LogP contribution >= 0.6 is 23.2 Å². The fraction of sp³-hybridized carbons (Fsp3) is 0.435. The summed E-state index contributed by atoms with van der Waals surface area (Å²) in [5, 5.41) is 14.6. The smallest absolute Gasteiger partial charge is 0.253 e. The van der Waals surface area contributed by atoms with Crippen LogP contribution in [0.5, 0.6) is 5.75 Å². The number of aliphatic hydroxyl groups is 1. The van der Waals surface area contributed by atoms with Crippen molar-refractivity contribution in [2.75, 3.05) is 25.2 Å². The molecule has 0 saturated carbocycles. The number of carbonyl (C=O) groups is 1. The summed E-state index contributed by atoms with van der Waals surface area (Å²) < 4.78 is 5.30. The molecule has 32 heavy (non-hydrogen) atoms. The number of piperidine rings is 1. The Bertz CT molecular complexity index is 951. The van der Waals surface area contributed by atoms with Gasteiger partial charge in [0.1, 0.15) is 11.8 Å². The average molecular weight is 479 g/mol. The Hall–Kier alpha value is -2.03. The highest BCUT2D eigenvalue weighted by Crippen LogP contribution is 2.42. The standard InChI is InChI=1S/C23H28Cl2N4O3/c1-14-21(23(31)27-28-11-9-17(30)10-12-28)26-29(20-8-5-16(24)13-19(20)25)22(14)15-3-6-18(32-2)7-4-15/h3-8,13-14,17,21-22,26,30H,9-12H2,1-2H3,(H,27,31)/t14-,21-,22?/m0/s1. The Morgan fingerprint density at radius 3 is 2.47 bits per heavy atom. The molecule has 0 aliphatic carbocycles. The highest BCUT2D eigenvalue weighted by molar-refractivity contribution is 6.36. The lowest BCUT2D eigenvalue weighted by atomic mass is 9.90. The van der Waals surface area contributed by atoms with Crippen LogP contribution in [-0.2, 0) is 4.79 Å². The number of rotatable bonds is 5. The fourth-order valence-corrected chi connectivity index (χ4v) is 4.91. The van der Waals surface area contributed by atoms with Gasteiger partial charge in [-0.3, -0.25) is 15.2 Å². The number of ether oxygens (including phenoxy) is 1. The van der Waals surface area contributed by atoms with Crippen LogP contribution in [0, 0.1) is 5.92 Å². The van der Waals surface area contributed by atoms with Crippen LogP contribution in [0.2, 0.25) is 10.0 Å². The Kier molecular flexibility index (Phi) is 7.12. The molecular formula is C23H28Cl2N4O3. The maximum absolute atomic E-state index is 13.2. The molecule has 2 heterocycles. The van der Waals surface area contributed by atoms with E-state index in [4.69, 9.17) is 27.9 Å². The fourth-order valence-electron chi connectivity index (χ4n) is 4.42. The second kappa shape index (κ2) is 9.85. The van der Waals surface area contributed by atoms with Gasteiger partial charge in [-0.15, -0.1) is 0 Å². The van der Waals surface area contributed by atoms with Crippen molar-refractivity contribution in [1.82, 2.24) is 15.9 Å². The molecule has 7 nitrogen and oxygen atoms in total. The number of nitrogens with one attached hydrogen (secondary N) is 2. The van der Waals surface area contributed by atoms with Gasteiger partial charge in [-0.25, -0.2) is 10.4 Å². The minimum Gasteiger partial charge on any atom is -0.497 e. The first-order chi connectivity index (χ1) is 15.4. The minimum atomic E-state index is -0.472. The van der Waals surface area contributed by atoms with Crippen LogP contribution in [0.3, 0.4) is 0 Å². The zero-order valence-corrected chi connectivity index (χ0v) is 19.6. The highest BCUT2D eigenvalue weighted by Gasteiger charge is 2.44. The summed E-state index contributed by atoms with van der Waals surface area (Å²) >= 11 is 12.6. The van der Waals surface area contributed by atoms with Gasteiger partial charge in [-0.1, -0.05) is 42.3 Å². The highest BCUT2D eigenvalue weighted by atomic mass is 35.5. The Balaban J connectivity index is 1.61. The minimum absolute atomic E-state index is 0.0643. The maximum atomic E-state index is 13.2. The zero-order valence-electron chi connectivity index (χ0n) is 18.1. The Morgan fingerprint density at radius 2 is 1.84 bits per heavy atom. The van der Waals surface area contributed by atoms with Crippen LogP contribution < -0.4 is 20.6 Å². The molecule has 0 bridgehead atoms. The van der Waals surface area contributed by atoms with E-state index in [0.717, 1.165) is 17.0 Å². The summed E-state index contributed by atoms with van der Waals surface area (Å²) in [7, 11) is 1.63. The first kappa shape index (κ1) is 23.1. The molecule has 3 atom stereocenters. The molecule has 2 saturated heterocycles. The van der Waals surface area contributed by atoms with Crippen LogP contribution in [-0.4, -0.2) is 48.4 Å². The Morgan fingerprint density at radius 1 is 1.16 bits per heavy atom. The van der Waals surface area contributed by atoms with E-state index < -0.39 is 6.04 Å². The predicted octanol–water partition coefficient (Wildman–Crippen LogP) is 3.56. The summed E-state index contributed by atoms with van der Waals surface area (Å²) in [4.78, 5) is 13.2. The summed E-state index contributed by atoms with van der Waals surface area (Å²) in [6, 6.07) is 12.6. The molecule has 0 radical (unpaired) electrons. The molecule has 172 valence electrons. The summed E-state index contributed by atoms with van der Waals surface area (Å²) in [5.74, 6) is 0.593. The summed E-state index contributed by atoms with van der Waals surface area (Å²) in [5.41, 5.74) is 8.18. The first-order valence-electron chi connectivity index (χ1n) is 10.8. The molecule has 1 amide bonds. The number of aliphatic hydroxyl groups excluding tert-OH is 1. The van der Waals surface area contributed by atoms with E-state index >= 15 is 0 Å². The van der Waals surface area contributed by atoms with Crippen molar-refractivity contribution in [3.05, 3.63) is 58.1 Å². The number of carbonyl (C=O) groups excluding carboxylic acids is 1. The number of hydrogen-bond acceptors (Lipinski definition) is 6. The van der Waals surface area contributed by atoms with E-state index in [1.54, 1.807) is 19.2 Å². The van der Waals surface area contributed by atoms with E-state index in [0.29, 0.717) is 36.0 Å². The monoisotopic (exact) mass is 478 g/mol. The molecule has 4 rings (SSSR count). The van der Waals surface area contributed by atoms with Gasteiger partial charge in [0, 0.05) is 24.0 Å². The SMILES string of the molecule is COc1ccc(C2[C@@H](C)[C@@H](C(=O)NN3CCC(O)CC3)NN2c2ccc(Cl)cc2Cl)cc1. The van der Waals surface area contributed by atoms with Crippen LogP contribution in [0.15, 0.2) is 42.5 Å². The third kappa shape index (κ3) is 4.82. The summed E-state index contributed by atoms with van der Waals surface area (Å²) in [6.07, 6.45) is 0.998. The van der Waals surface area contributed by atoms with E-state index in [2.05, 4.69) is 17.8 Å². The molecule has 3 N–H and O–H groups in total. The topological polar surface area (TPSA) is 77.1 Å². The predicted molar refractivity (Wildman–Crippen MR) is 126 cm³/mol. The van der Waals surface area contributed by atoms with Gasteiger partial charge in [-0.2, -0.15) is 0 Å². The molecule has 2 fully saturated rings. The molecule has 0 spiro atoms. The molecule has 2 aromatic rings. The third-order valence-electron chi connectivity index (χ3n) is 6.22. The molecular weight excluding hydrogens is 451 g/mol. The number of hydrogen-bond donors (Lipinski definition) is 3. The van der Waals surface area contributed by atoms with Gasteiger partial charge in [-0.05, 0) is 48.7 Å². The lowest BCUT2D eigenvalue weighted by molar-refractivity contribution is -0.129. The van der Waals surface area contributed by atoms with Gasteiger partial charge in [0.25, 0.3) is 5.91 Å². The number of nitrogens with zero attached hydrogens (tertiary/aromatic N) is 2. The number of methoxy groups -OCH3 is 1. The normalized spacial score (nSPS) is 24.5. The Labute approximate surface area is 198 Å². The number of anilines is 1. The van der Waals surface area contributed by atoms with Crippen molar-refractivity contribution in [3.63, 3.8) is 0 Å². The summed E-state index contributed by atoms with van der Waals surface area (Å²) in [6.45, 7) is 3.31. The molecule has 0 aromatic heterocycles. The van der Waals surface area contributed by atoms with Crippen molar-refractivity contribution in [1.29, 1.82) is 0 Å².